The SMILES string of the molecule is CNC(CCc1ccccc1C)CC1CCC1. The molecule has 0 bridgehead atoms. The highest BCUT2D eigenvalue weighted by molar-refractivity contribution is 5.25. The molecule has 1 aliphatic rings. The van der Waals surface area contributed by atoms with Crippen LogP contribution in [0.5, 0.6) is 0 Å². The summed E-state index contributed by atoms with van der Waals surface area (Å²) in [5.41, 5.74) is 2.95. The molecule has 1 aromatic rings. The van der Waals surface area contributed by atoms with Gasteiger partial charge in [0.1, 0.15) is 0 Å². The monoisotopic (exact) mass is 231 g/mol. The lowest BCUT2D eigenvalue weighted by Gasteiger charge is -2.29. The van der Waals surface area contributed by atoms with Crippen molar-refractivity contribution in [3.8, 4) is 0 Å². The summed E-state index contributed by atoms with van der Waals surface area (Å²) in [6.07, 6.45) is 8.25. The van der Waals surface area contributed by atoms with Crippen molar-refractivity contribution in [3.05, 3.63) is 35.4 Å². The first-order valence-electron chi connectivity index (χ1n) is 7.01. The van der Waals surface area contributed by atoms with Gasteiger partial charge in [0.15, 0.2) is 0 Å². The highest BCUT2D eigenvalue weighted by Gasteiger charge is 2.21. The van der Waals surface area contributed by atoms with E-state index in [9.17, 15) is 0 Å². The lowest BCUT2D eigenvalue weighted by molar-refractivity contribution is 0.259. The highest BCUT2D eigenvalue weighted by atomic mass is 14.9. The summed E-state index contributed by atoms with van der Waals surface area (Å²) >= 11 is 0. The number of aryl methyl sites for hydroxylation is 2. The van der Waals surface area contributed by atoms with Gasteiger partial charge in [-0.1, -0.05) is 43.5 Å². The van der Waals surface area contributed by atoms with E-state index in [4.69, 9.17) is 0 Å². The fraction of sp³-hybridized carbons (Fsp3) is 0.625. The van der Waals surface area contributed by atoms with Gasteiger partial charge in [-0.25, -0.2) is 0 Å². The number of hydrogen-bond donors (Lipinski definition) is 1. The Morgan fingerprint density at radius 1 is 1.29 bits per heavy atom. The molecule has 1 fully saturated rings. The van der Waals surface area contributed by atoms with E-state index in [0.717, 1.165) is 5.92 Å². The number of hydrogen-bond acceptors (Lipinski definition) is 1. The van der Waals surface area contributed by atoms with Crippen LogP contribution in [0.25, 0.3) is 0 Å². The second-order valence-electron chi connectivity index (χ2n) is 5.48. The van der Waals surface area contributed by atoms with Crippen molar-refractivity contribution in [1.82, 2.24) is 5.32 Å². The van der Waals surface area contributed by atoms with Crippen LogP contribution in [0.15, 0.2) is 24.3 Å². The molecule has 2 rings (SSSR count). The minimum atomic E-state index is 0.708. The van der Waals surface area contributed by atoms with E-state index >= 15 is 0 Å². The first-order valence-corrected chi connectivity index (χ1v) is 7.01. The van der Waals surface area contributed by atoms with Gasteiger partial charge in [-0.15, -0.1) is 0 Å². The van der Waals surface area contributed by atoms with Crippen LogP contribution in [-0.4, -0.2) is 13.1 Å². The maximum absolute atomic E-state index is 3.49. The second kappa shape index (κ2) is 6.20. The average molecular weight is 231 g/mol. The fourth-order valence-electron chi connectivity index (χ4n) is 2.73. The van der Waals surface area contributed by atoms with Gasteiger partial charge in [0.2, 0.25) is 0 Å². The quantitative estimate of drug-likeness (QED) is 0.787. The van der Waals surface area contributed by atoms with E-state index in [1.54, 1.807) is 0 Å². The van der Waals surface area contributed by atoms with Gasteiger partial charge in [-0.05, 0) is 50.3 Å². The van der Waals surface area contributed by atoms with Crippen LogP contribution in [-0.2, 0) is 6.42 Å². The molecule has 1 atom stereocenters. The minimum Gasteiger partial charge on any atom is -0.317 e. The Balaban J connectivity index is 1.80. The molecule has 1 unspecified atom stereocenters. The van der Waals surface area contributed by atoms with E-state index in [-0.39, 0.29) is 0 Å². The van der Waals surface area contributed by atoms with Crippen LogP contribution in [0.1, 0.15) is 43.2 Å². The Kier molecular flexibility index (Phi) is 4.61. The molecule has 1 N–H and O–H groups in total. The molecule has 17 heavy (non-hydrogen) atoms. The Hall–Kier alpha value is -0.820. The molecule has 0 saturated heterocycles. The summed E-state index contributed by atoms with van der Waals surface area (Å²) in [6, 6.07) is 9.48. The molecule has 0 aromatic heterocycles. The second-order valence-corrected chi connectivity index (χ2v) is 5.48. The summed E-state index contributed by atoms with van der Waals surface area (Å²) in [4.78, 5) is 0. The Labute approximate surface area is 106 Å². The molecule has 0 amide bonds. The predicted octanol–water partition coefficient (Wildman–Crippen LogP) is 3.71. The van der Waals surface area contributed by atoms with Crippen molar-refractivity contribution in [2.45, 2.75) is 51.5 Å². The van der Waals surface area contributed by atoms with Crippen LogP contribution in [0.2, 0.25) is 0 Å². The summed E-state index contributed by atoms with van der Waals surface area (Å²) in [5, 5.41) is 3.49. The minimum absolute atomic E-state index is 0.708. The summed E-state index contributed by atoms with van der Waals surface area (Å²) in [5.74, 6) is 1.00. The number of nitrogens with one attached hydrogen (secondary N) is 1. The highest BCUT2D eigenvalue weighted by Crippen LogP contribution is 2.31. The van der Waals surface area contributed by atoms with Crippen molar-refractivity contribution in [2.24, 2.45) is 5.92 Å². The van der Waals surface area contributed by atoms with E-state index in [2.05, 4.69) is 43.6 Å². The summed E-state index contributed by atoms with van der Waals surface area (Å²) in [7, 11) is 2.11. The van der Waals surface area contributed by atoms with Gasteiger partial charge in [-0.2, -0.15) is 0 Å². The van der Waals surface area contributed by atoms with E-state index in [1.807, 2.05) is 0 Å². The molecule has 0 spiro atoms. The Bertz CT molecular complexity index is 341. The third kappa shape index (κ3) is 3.57. The molecule has 1 nitrogen and oxygen atoms in total. The molecule has 1 aliphatic carbocycles. The van der Waals surface area contributed by atoms with Gasteiger partial charge in [0, 0.05) is 6.04 Å². The number of benzene rings is 1. The maximum atomic E-state index is 3.49. The molecular weight excluding hydrogens is 206 g/mol. The van der Waals surface area contributed by atoms with Crippen molar-refractivity contribution < 1.29 is 0 Å². The zero-order valence-corrected chi connectivity index (χ0v) is 11.2. The topological polar surface area (TPSA) is 12.0 Å². The van der Waals surface area contributed by atoms with Crippen molar-refractivity contribution >= 4 is 0 Å². The first-order chi connectivity index (χ1) is 8.29. The standard InChI is InChI=1S/C16H25N/c1-13-6-3-4-9-15(13)10-11-16(17-2)12-14-7-5-8-14/h3-4,6,9,14,16-17H,5,7-8,10-12H2,1-2H3. The van der Waals surface area contributed by atoms with Crippen LogP contribution in [0, 0.1) is 12.8 Å². The molecule has 0 radical (unpaired) electrons. The maximum Gasteiger partial charge on any atom is 0.00698 e. The fourth-order valence-corrected chi connectivity index (χ4v) is 2.73. The van der Waals surface area contributed by atoms with Crippen molar-refractivity contribution in [3.63, 3.8) is 0 Å². The van der Waals surface area contributed by atoms with E-state index in [0.29, 0.717) is 6.04 Å². The van der Waals surface area contributed by atoms with Crippen LogP contribution < -0.4 is 5.32 Å². The van der Waals surface area contributed by atoms with Crippen molar-refractivity contribution in [2.75, 3.05) is 7.05 Å². The normalized spacial score (nSPS) is 17.8. The summed E-state index contributed by atoms with van der Waals surface area (Å²) in [6.45, 7) is 2.22. The largest absolute Gasteiger partial charge is 0.317 e. The van der Waals surface area contributed by atoms with Gasteiger partial charge in [-0.3, -0.25) is 0 Å². The first kappa shape index (κ1) is 12.6. The smallest absolute Gasteiger partial charge is 0.00698 e. The lowest BCUT2D eigenvalue weighted by atomic mass is 9.80. The Morgan fingerprint density at radius 3 is 2.65 bits per heavy atom. The molecule has 0 heterocycles. The zero-order chi connectivity index (χ0) is 12.1. The molecule has 1 aromatic carbocycles. The Morgan fingerprint density at radius 2 is 2.06 bits per heavy atom. The summed E-state index contributed by atoms with van der Waals surface area (Å²) < 4.78 is 0. The molecule has 94 valence electrons. The molecular formula is C16H25N. The third-order valence-electron chi connectivity index (χ3n) is 4.27. The van der Waals surface area contributed by atoms with E-state index < -0.39 is 0 Å². The van der Waals surface area contributed by atoms with Crippen LogP contribution >= 0.6 is 0 Å². The van der Waals surface area contributed by atoms with Gasteiger partial charge < -0.3 is 5.32 Å². The van der Waals surface area contributed by atoms with E-state index in [1.165, 1.54) is 49.7 Å². The number of rotatable bonds is 6. The third-order valence-corrected chi connectivity index (χ3v) is 4.27. The van der Waals surface area contributed by atoms with Gasteiger partial charge >= 0.3 is 0 Å². The predicted molar refractivity (Wildman–Crippen MR) is 74.3 cm³/mol. The molecule has 1 saturated carbocycles. The van der Waals surface area contributed by atoms with Gasteiger partial charge in [0.05, 0.1) is 0 Å². The van der Waals surface area contributed by atoms with Crippen molar-refractivity contribution in [1.29, 1.82) is 0 Å². The van der Waals surface area contributed by atoms with Crippen LogP contribution in [0.4, 0.5) is 0 Å². The lowest BCUT2D eigenvalue weighted by Crippen LogP contribution is -2.30. The van der Waals surface area contributed by atoms with Crippen LogP contribution in [0.3, 0.4) is 0 Å². The molecule has 0 aliphatic heterocycles. The zero-order valence-electron chi connectivity index (χ0n) is 11.2. The molecule has 1 heteroatoms. The van der Waals surface area contributed by atoms with Gasteiger partial charge in [0.25, 0.3) is 0 Å². The average Bonchev–Trinajstić information content (AvgIpc) is 2.29.